The number of para-hydroxylation sites is 1. The van der Waals surface area contributed by atoms with E-state index in [0.29, 0.717) is 5.56 Å². The van der Waals surface area contributed by atoms with Gasteiger partial charge < -0.3 is 9.64 Å². The van der Waals surface area contributed by atoms with Gasteiger partial charge in [-0.1, -0.05) is 48.5 Å². The Morgan fingerprint density at radius 1 is 1.06 bits per heavy atom. The van der Waals surface area contributed by atoms with Crippen molar-refractivity contribution in [1.29, 1.82) is 0 Å². The molecule has 0 saturated heterocycles. The van der Waals surface area contributed by atoms with E-state index >= 15 is 0 Å². The maximum absolute atomic E-state index is 13.4. The van der Waals surface area contributed by atoms with Gasteiger partial charge in [0, 0.05) is 30.9 Å². The summed E-state index contributed by atoms with van der Waals surface area (Å²) in [5, 5.41) is 0. The zero-order chi connectivity index (χ0) is 22.9. The van der Waals surface area contributed by atoms with Gasteiger partial charge in [-0.25, -0.2) is 8.42 Å². The molecule has 0 unspecified atom stereocenters. The van der Waals surface area contributed by atoms with Crippen LogP contribution in [0.3, 0.4) is 0 Å². The number of ether oxygens (including phenoxy) is 1. The second kappa shape index (κ2) is 8.76. The van der Waals surface area contributed by atoms with Gasteiger partial charge >= 0.3 is 0 Å². The van der Waals surface area contributed by atoms with Crippen molar-refractivity contribution in [2.24, 2.45) is 0 Å². The van der Waals surface area contributed by atoms with Gasteiger partial charge in [0.2, 0.25) is 10.0 Å². The lowest BCUT2D eigenvalue weighted by molar-refractivity contribution is 0.0981. The average Bonchev–Trinajstić information content (AvgIpc) is 3.14. The topological polar surface area (TPSA) is 66.9 Å². The second-order valence-electron chi connectivity index (χ2n) is 7.97. The smallest absolute Gasteiger partial charge is 0.258 e. The summed E-state index contributed by atoms with van der Waals surface area (Å²) in [6, 6.07) is 21.7. The number of nitrogens with zero attached hydrogens (tertiary/aromatic N) is 2. The third-order valence-corrected chi connectivity index (χ3v) is 7.60. The van der Waals surface area contributed by atoms with E-state index in [-0.39, 0.29) is 29.1 Å². The monoisotopic (exact) mass is 450 g/mol. The highest BCUT2D eigenvalue weighted by atomic mass is 32.2. The van der Waals surface area contributed by atoms with Gasteiger partial charge in [-0.2, -0.15) is 4.31 Å². The van der Waals surface area contributed by atoms with Crippen molar-refractivity contribution in [1.82, 2.24) is 4.31 Å². The molecule has 4 rings (SSSR count). The number of methoxy groups -OCH3 is 1. The Balaban J connectivity index is 1.69. The molecule has 6 nitrogen and oxygen atoms in total. The predicted octanol–water partition coefficient (Wildman–Crippen LogP) is 4.11. The van der Waals surface area contributed by atoms with Gasteiger partial charge in [-0.3, -0.25) is 4.79 Å². The number of anilines is 1. The largest absolute Gasteiger partial charge is 0.495 e. The fourth-order valence-electron chi connectivity index (χ4n) is 4.12. The molecule has 3 aromatic rings. The van der Waals surface area contributed by atoms with Crippen LogP contribution in [0.25, 0.3) is 0 Å². The third kappa shape index (κ3) is 4.01. The van der Waals surface area contributed by atoms with Crippen molar-refractivity contribution in [3.8, 4) is 5.75 Å². The number of amides is 1. The van der Waals surface area contributed by atoms with Crippen LogP contribution in [-0.2, 0) is 23.0 Å². The van der Waals surface area contributed by atoms with Crippen molar-refractivity contribution in [2.45, 2.75) is 30.8 Å². The van der Waals surface area contributed by atoms with E-state index < -0.39 is 10.0 Å². The van der Waals surface area contributed by atoms with E-state index in [1.807, 2.05) is 61.5 Å². The van der Waals surface area contributed by atoms with Gasteiger partial charge in [-0.05, 0) is 48.7 Å². The van der Waals surface area contributed by atoms with Crippen LogP contribution in [0.1, 0.15) is 28.4 Å². The van der Waals surface area contributed by atoms with Crippen molar-refractivity contribution in [3.05, 3.63) is 89.5 Å². The summed E-state index contributed by atoms with van der Waals surface area (Å²) in [6.45, 7) is 2.20. The van der Waals surface area contributed by atoms with Gasteiger partial charge in [0.05, 0.1) is 7.11 Å². The van der Waals surface area contributed by atoms with Crippen LogP contribution in [0.4, 0.5) is 5.69 Å². The first-order valence-electron chi connectivity index (χ1n) is 10.4. The minimum Gasteiger partial charge on any atom is -0.495 e. The quantitative estimate of drug-likeness (QED) is 0.567. The molecule has 0 spiro atoms. The summed E-state index contributed by atoms with van der Waals surface area (Å²) in [4.78, 5) is 15.2. The Kier molecular flexibility index (Phi) is 6.04. The van der Waals surface area contributed by atoms with Crippen molar-refractivity contribution in [3.63, 3.8) is 0 Å². The molecule has 7 heteroatoms. The number of hydrogen-bond donors (Lipinski definition) is 0. The Morgan fingerprint density at radius 2 is 1.75 bits per heavy atom. The van der Waals surface area contributed by atoms with Crippen LogP contribution in [0.5, 0.6) is 5.75 Å². The number of fused-ring (bicyclic) bond motifs is 1. The molecule has 166 valence electrons. The summed E-state index contributed by atoms with van der Waals surface area (Å²) in [5.41, 5.74) is 3.15. The molecule has 0 bridgehead atoms. The molecule has 0 aliphatic carbocycles. The molecule has 1 amide bonds. The number of carbonyl (C=O) groups excluding carboxylic acids is 1. The molecule has 0 saturated carbocycles. The van der Waals surface area contributed by atoms with E-state index in [4.69, 9.17) is 4.74 Å². The number of sulfonamides is 1. The molecular formula is C25H26N2O4S. The molecule has 1 heterocycles. The fourth-order valence-corrected chi connectivity index (χ4v) is 5.46. The number of hydrogen-bond acceptors (Lipinski definition) is 4. The van der Waals surface area contributed by atoms with E-state index in [0.717, 1.165) is 23.2 Å². The zero-order valence-corrected chi connectivity index (χ0v) is 19.2. The number of rotatable bonds is 6. The molecule has 1 atom stereocenters. The Labute approximate surface area is 189 Å². The first-order chi connectivity index (χ1) is 15.3. The molecular weight excluding hydrogens is 424 g/mol. The van der Waals surface area contributed by atoms with Gasteiger partial charge in [0.15, 0.2) is 0 Å². The molecule has 0 aromatic heterocycles. The summed E-state index contributed by atoms with van der Waals surface area (Å²) < 4.78 is 33.4. The van der Waals surface area contributed by atoms with E-state index in [1.165, 1.54) is 24.5 Å². The lowest BCUT2D eigenvalue weighted by atomic mass is 10.1. The minimum absolute atomic E-state index is 0.0113. The van der Waals surface area contributed by atoms with E-state index in [2.05, 4.69) is 0 Å². The first-order valence-corrected chi connectivity index (χ1v) is 11.9. The van der Waals surface area contributed by atoms with E-state index in [9.17, 15) is 13.2 Å². The highest BCUT2D eigenvalue weighted by Crippen LogP contribution is 2.34. The lowest BCUT2D eigenvalue weighted by Gasteiger charge is -2.24. The standard InChI is InChI=1S/C25H26N2O4S/c1-18-15-20-11-7-8-12-22(20)27(18)25(28)21-13-14-23(31-3)24(16-21)32(29,30)26(2)17-19-9-5-4-6-10-19/h4-14,16,18H,15,17H2,1-3H3/t18-/m0/s1. The van der Waals surface area contributed by atoms with Crippen LogP contribution < -0.4 is 9.64 Å². The minimum atomic E-state index is -3.90. The molecule has 0 N–H and O–H groups in total. The SMILES string of the molecule is COc1ccc(C(=O)N2c3ccccc3C[C@@H]2C)cc1S(=O)(=O)N(C)Cc1ccccc1. The molecule has 0 radical (unpaired) electrons. The fraction of sp³-hybridized carbons (Fsp3) is 0.240. The maximum Gasteiger partial charge on any atom is 0.258 e. The molecule has 0 fully saturated rings. The summed E-state index contributed by atoms with van der Waals surface area (Å²) in [6.07, 6.45) is 0.767. The molecule has 1 aliphatic heterocycles. The lowest BCUT2D eigenvalue weighted by Crippen LogP contribution is -2.36. The highest BCUT2D eigenvalue weighted by Gasteiger charge is 2.33. The first kappa shape index (κ1) is 22.0. The summed E-state index contributed by atoms with van der Waals surface area (Å²) in [5.74, 6) is -0.0244. The summed E-state index contributed by atoms with van der Waals surface area (Å²) >= 11 is 0. The molecule has 3 aromatic carbocycles. The maximum atomic E-state index is 13.4. The van der Waals surface area contributed by atoms with E-state index in [1.54, 1.807) is 17.0 Å². The Morgan fingerprint density at radius 3 is 2.47 bits per heavy atom. The van der Waals surface area contributed by atoms with Gasteiger partial charge in [0.1, 0.15) is 10.6 Å². The number of benzene rings is 3. The zero-order valence-electron chi connectivity index (χ0n) is 18.4. The summed E-state index contributed by atoms with van der Waals surface area (Å²) in [7, 11) is -0.951. The molecule has 32 heavy (non-hydrogen) atoms. The normalized spacial score (nSPS) is 15.6. The van der Waals surface area contributed by atoms with Crippen molar-refractivity contribution < 1.29 is 17.9 Å². The molecule has 1 aliphatic rings. The Bertz CT molecular complexity index is 1240. The van der Waals surface area contributed by atoms with Crippen molar-refractivity contribution in [2.75, 3.05) is 19.1 Å². The van der Waals surface area contributed by atoms with Crippen LogP contribution in [-0.4, -0.2) is 38.8 Å². The highest BCUT2D eigenvalue weighted by molar-refractivity contribution is 7.89. The van der Waals surface area contributed by atoms with Crippen molar-refractivity contribution >= 4 is 21.6 Å². The third-order valence-electron chi connectivity index (χ3n) is 5.77. The number of carbonyl (C=O) groups is 1. The average molecular weight is 451 g/mol. The van der Waals surface area contributed by atoms with Gasteiger partial charge in [-0.15, -0.1) is 0 Å². The predicted molar refractivity (Wildman–Crippen MR) is 125 cm³/mol. The second-order valence-corrected chi connectivity index (χ2v) is 9.98. The van der Waals surface area contributed by atoms with Crippen LogP contribution in [0.15, 0.2) is 77.7 Å². The Hall–Kier alpha value is -3.16. The van der Waals surface area contributed by atoms with Crippen LogP contribution >= 0.6 is 0 Å². The van der Waals surface area contributed by atoms with Crippen LogP contribution in [0, 0.1) is 0 Å². The van der Waals surface area contributed by atoms with Gasteiger partial charge in [0.25, 0.3) is 5.91 Å². The van der Waals surface area contributed by atoms with Crippen LogP contribution in [0.2, 0.25) is 0 Å².